The molecular formula is C7H5ClN3O2+. The largest absolute Gasteiger partial charge is 0.478 e. The molecule has 0 aliphatic heterocycles. The van der Waals surface area contributed by atoms with Gasteiger partial charge in [-0.3, -0.25) is 4.98 Å². The van der Waals surface area contributed by atoms with Gasteiger partial charge in [0.15, 0.2) is 0 Å². The van der Waals surface area contributed by atoms with Gasteiger partial charge < -0.3 is 5.11 Å². The summed E-state index contributed by atoms with van der Waals surface area (Å²) in [6.45, 7) is 0. The SMILES string of the molecule is O=C(O)c1c[nH]c2[nH+]cnc(Cl)c12. The fourth-order valence-corrected chi connectivity index (χ4v) is 1.38. The average Bonchev–Trinajstić information content (AvgIpc) is 2.49. The third-order valence-corrected chi connectivity index (χ3v) is 1.99. The zero-order chi connectivity index (χ0) is 9.42. The van der Waals surface area contributed by atoms with E-state index in [9.17, 15) is 4.79 Å². The Morgan fingerprint density at radius 1 is 1.69 bits per heavy atom. The third-order valence-electron chi connectivity index (χ3n) is 1.70. The Morgan fingerprint density at radius 3 is 3.15 bits per heavy atom. The molecule has 66 valence electrons. The molecule has 0 bridgehead atoms. The Morgan fingerprint density at radius 2 is 2.46 bits per heavy atom. The van der Waals surface area contributed by atoms with Crippen molar-refractivity contribution in [2.75, 3.05) is 0 Å². The number of hydrogen-bond acceptors (Lipinski definition) is 2. The van der Waals surface area contributed by atoms with Crippen molar-refractivity contribution in [3.63, 3.8) is 0 Å². The van der Waals surface area contributed by atoms with Gasteiger partial charge in [-0.2, -0.15) is 0 Å². The summed E-state index contributed by atoms with van der Waals surface area (Å²) < 4.78 is 0. The van der Waals surface area contributed by atoms with Gasteiger partial charge in [-0.15, -0.1) is 0 Å². The zero-order valence-corrected chi connectivity index (χ0v) is 7.09. The fourth-order valence-electron chi connectivity index (χ4n) is 1.14. The Hall–Kier alpha value is -1.62. The predicted octanol–water partition coefficient (Wildman–Crippen LogP) is 0.729. The Labute approximate surface area is 77.4 Å². The highest BCUT2D eigenvalue weighted by atomic mass is 35.5. The molecule has 2 rings (SSSR count). The summed E-state index contributed by atoms with van der Waals surface area (Å²) in [7, 11) is 0. The van der Waals surface area contributed by atoms with Crippen LogP contribution >= 0.6 is 11.6 Å². The first-order chi connectivity index (χ1) is 6.20. The van der Waals surface area contributed by atoms with Crippen molar-refractivity contribution in [2.24, 2.45) is 0 Å². The first kappa shape index (κ1) is 8.00. The van der Waals surface area contributed by atoms with Crippen LogP contribution in [0.15, 0.2) is 12.5 Å². The first-order valence-corrected chi connectivity index (χ1v) is 3.84. The summed E-state index contributed by atoms with van der Waals surface area (Å²) in [4.78, 5) is 20.0. The summed E-state index contributed by atoms with van der Waals surface area (Å²) in [6.07, 6.45) is 2.77. The number of aromatic carboxylic acids is 1. The molecule has 0 atom stereocenters. The van der Waals surface area contributed by atoms with E-state index in [-0.39, 0.29) is 10.7 Å². The molecule has 5 nitrogen and oxygen atoms in total. The molecule has 6 heteroatoms. The van der Waals surface area contributed by atoms with Gasteiger partial charge in [-0.25, -0.2) is 9.78 Å². The van der Waals surface area contributed by atoms with Crippen molar-refractivity contribution in [3.05, 3.63) is 23.2 Å². The van der Waals surface area contributed by atoms with Crippen molar-refractivity contribution in [3.8, 4) is 0 Å². The molecule has 0 saturated heterocycles. The lowest BCUT2D eigenvalue weighted by atomic mass is 10.2. The van der Waals surface area contributed by atoms with Crippen LogP contribution in [0.4, 0.5) is 0 Å². The van der Waals surface area contributed by atoms with Crippen LogP contribution < -0.4 is 4.98 Å². The normalized spacial score (nSPS) is 10.5. The van der Waals surface area contributed by atoms with Crippen LogP contribution in [0, 0.1) is 0 Å². The molecule has 13 heavy (non-hydrogen) atoms. The molecule has 3 N–H and O–H groups in total. The molecule has 0 saturated carbocycles. The van der Waals surface area contributed by atoms with E-state index in [2.05, 4.69) is 15.0 Å². The predicted molar refractivity (Wildman–Crippen MR) is 44.6 cm³/mol. The molecule has 0 unspecified atom stereocenters. The second-order valence-corrected chi connectivity index (χ2v) is 2.81. The lowest BCUT2D eigenvalue weighted by Crippen LogP contribution is -2.05. The molecule has 0 radical (unpaired) electrons. The topological polar surface area (TPSA) is 80.1 Å². The van der Waals surface area contributed by atoms with Gasteiger partial charge in [0.25, 0.3) is 0 Å². The maximum Gasteiger partial charge on any atom is 0.339 e. The maximum atomic E-state index is 10.7. The number of hydrogen-bond donors (Lipinski definition) is 2. The summed E-state index contributed by atoms with van der Waals surface area (Å²) >= 11 is 5.73. The number of carboxylic acid groups (broad SMARTS) is 1. The number of aromatic amines is 2. The van der Waals surface area contributed by atoms with Gasteiger partial charge in [0.1, 0.15) is 10.9 Å². The van der Waals surface area contributed by atoms with Crippen LogP contribution in [0.1, 0.15) is 10.4 Å². The van der Waals surface area contributed by atoms with Crippen LogP contribution in [0.3, 0.4) is 0 Å². The summed E-state index contributed by atoms with van der Waals surface area (Å²) in [6, 6.07) is 0. The molecule has 0 fully saturated rings. The van der Waals surface area contributed by atoms with Gasteiger partial charge in [0.05, 0.1) is 6.20 Å². The molecule has 0 aromatic carbocycles. The number of nitrogens with zero attached hydrogens (tertiary/aromatic N) is 1. The Kier molecular flexibility index (Phi) is 1.66. The first-order valence-electron chi connectivity index (χ1n) is 3.46. The minimum Gasteiger partial charge on any atom is -0.478 e. The minimum atomic E-state index is -1.03. The van der Waals surface area contributed by atoms with Crippen LogP contribution in [0.25, 0.3) is 11.0 Å². The molecule has 2 aromatic heterocycles. The average molecular weight is 199 g/mol. The number of H-pyrrole nitrogens is 2. The summed E-state index contributed by atoms with van der Waals surface area (Å²) in [5.41, 5.74) is 0.668. The van der Waals surface area contributed by atoms with Crippen molar-refractivity contribution >= 4 is 28.6 Å². The van der Waals surface area contributed by atoms with Gasteiger partial charge >= 0.3 is 5.97 Å². The highest BCUT2D eigenvalue weighted by molar-refractivity contribution is 6.35. The van der Waals surface area contributed by atoms with E-state index in [0.29, 0.717) is 11.0 Å². The molecular weight excluding hydrogens is 194 g/mol. The third kappa shape index (κ3) is 1.13. The number of rotatable bonds is 1. The fraction of sp³-hybridized carbons (Fsp3) is 0. The lowest BCUT2D eigenvalue weighted by molar-refractivity contribution is -0.352. The quantitative estimate of drug-likeness (QED) is 0.663. The molecule has 2 heterocycles. The lowest BCUT2D eigenvalue weighted by Gasteiger charge is -1.88. The standard InChI is InChI=1S/C7H4ClN3O2/c8-5-4-3(7(12)13)1-9-6(4)11-2-10-5/h1-2H,(H,12,13)(H,9,10,11)/p+1. The van der Waals surface area contributed by atoms with Crippen molar-refractivity contribution in [2.45, 2.75) is 0 Å². The number of nitrogens with one attached hydrogen (secondary N) is 2. The second-order valence-electron chi connectivity index (χ2n) is 2.45. The summed E-state index contributed by atoms with van der Waals surface area (Å²) in [5, 5.41) is 9.35. The minimum absolute atomic E-state index is 0.115. The maximum absolute atomic E-state index is 10.7. The highest BCUT2D eigenvalue weighted by Crippen LogP contribution is 2.20. The number of halogens is 1. The number of fused-ring (bicyclic) bond motifs is 1. The molecule has 0 amide bonds. The van der Waals surface area contributed by atoms with E-state index in [4.69, 9.17) is 16.7 Å². The van der Waals surface area contributed by atoms with Crippen LogP contribution in [-0.4, -0.2) is 21.0 Å². The Bertz CT molecular complexity index is 480. The molecule has 0 aliphatic rings. The monoisotopic (exact) mass is 198 g/mol. The van der Waals surface area contributed by atoms with Crippen LogP contribution in [-0.2, 0) is 0 Å². The van der Waals surface area contributed by atoms with Crippen molar-refractivity contribution in [1.29, 1.82) is 0 Å². The Balaban J connectivity index is 2.86. The highest BCUT2D eigenvalue weighted by Gasteiger charge is 2.18. The molecule has 0 aliphatic carbocycles. The van der Waals surface area contributed by atoms with Gasteiger partial charge in [-0.05, 0) is 11.6 Å². The zero-order valence-electron chi connectivity index (χ0n) is 6.34. The van der Waals surface area contributed by atoms with Crippen molar-refractivity contribution in [1.82, 2.24) is 9.97 Å². The van der Waals surface area contributed by atoms with E-state index in [0.717, 1.165) is 0 Å². The van der Waals surface area contributed by atoms with Gasteiger partial charge in [0, 0.05) is 0 Å². The van der Waals surface area contributed by atoms with Crippen molar-refractivity contribution < 1.29 is 14.9 Å². The number of carboxylic acids is 1. The molecule has 0 spiro atoms. The van der Waals surface area contributed by atoms with E-state index in [1.807, 2.05) is 0 Å². The van der Waals surface area contributed by atoms with Gasteiger partial charge in [-0.1, -0.05) is 4.98 Å². The van der Waals surface area contributed by atoms with E-state index in [1.165, 1.54) is 12.5 Å². The number of aromatic nitrogens is 3. The van der Waals surface area contributed by atoms with E-state index < -0.39 is 5.97 Å². The van der Waals surface area contributed by atoms with E-state index in [1.54, 1.807) is 0 Å². The van der Waals surface area contributed by atoms with Crippen LogP contribution in [0.5, 0.6) is 0 Å². The van der Waals surface area contributed by atoms with Gasteiger partial charge in [0.2, 0.25) is 17.1 Å². The summed E-state index contributed by atoms with van der Waals surface area (Å²) in [5.74, 6) is -1.03. The van der Waals surface area contributed by atoms with E-state index >= 15 is 0 Å². The van der Waals surface area contributed by atoms with Crippen LogP contribution in [0.2, 0.25) is 5.15 Å². The molecule has 2 aromatic rings. The second kappa shape index (κ2) is 2.70. The number of carbonyl (C=O) groups is 1. The smallest absolute Gasteiger partial charge is 0.339 e.